The number of amidine groups is 1. The zero-order chi connectivity index (χ0) is 21.0. The molecule has 0 heterocycles. The van der Waals surface area contributed by atoms with Crippen molar-refractivity contribution in [2.45, 2.75) is 25.5 Å². The van der Waals surface area contributed by atoms with Gasteiger partial charge in [-0.3, -0.25) is 0 Å². The first-order valence-electron chi connectivity index (χ1n) is 10.2. The van der Waals surface area contributed by atoms with Crippen LogP contribution in [0, 0.1) is 0 Å². The first-order valence-corrected chi connectivity index (χ1v) is 11.2. The number of unbranched alkanes of at least 4 members (excludes halogenated alkanes) is 1. The fourth-order valence-electron chi connectivity index (χ4n) is 2.98. The second-order valence-electron chi connectivity index (χ2n) is 6.89. The maximum atomic E-state index is 5.95. The van der Waals surface area contributed by atoms with Crippen LogP contribution < -0.4 is 10.6 Å². The fourth-order valence-corrected chi connectivity index (χ4v) is 3.60. The Labute approximate surface area is 183 Å². The van der Waals surface area contributed by atoms with Gasteiger partial charge < -0.3 is 10.6 Å². The van der Waals surface area contributed by atoms with Crippen LogP contribution in [0.4, 0.5) is 11.4 Å². The summed E-state index contributed by atoms with van der Waals surface area (Å²) in [6, 6.07) is 29.1. The zero-order valence-electron chi connectivity index (χ0n) is 17.3. The summed E-state index contributed by atoms with van der Waals surface area (Å²) in [5, 5.41) is 8.70. The monoisotopic (exact) mass is 416 g/mol. The summed E-state index contributed by atoms with van der Waals surface area (Å²) < 4.78 is 0. The number of nitrogens with zero attached hydrogens (tertiary/aromatic N) is 3. The Bertz CT molecular complexity index is 938. The number of thioether (sulfide) groups is 1. The van der Waals surface area contributed by atoms with Crippen LogP contribution in [-0.4, -0.2) is 17.9 Å². The Morgan fingerprint density at radius 1 is 0.900 bits per heavy atom. The van der Waals surface area contributed by atoms with Gasteiger partial charge in [-0.1, -0.05) is 85.8 Å². The average molecular weight is 417 g/mol. The molecule has 0 atom stereocenters. The summed E-state index contributed by atoms with van der Waals surface area (Å²) in [6.07, 6.45) is 4.04. The van der Waals surface area contributed by atoms with Crippen molar-refractivity contribution in [3.8, 4) is 0 Å². The maximum Gasteiger partial charge on any atom is 0.180 e. The fraction of sp³-hybridized carbons (Fsp3) is 0.200. The second-order valence-corrected chi connectivity index (χ2v) is 7.88. The zero-order valence-corrected chi connectivity index (χ0v) is 18.1. The summed E-state index contributed by atoms with van der Waals surface area (Å²) in [4.78, 5) is 2.35. The molecule has 0 radical (unpaired) electrons. The standard InChI is InChI=1S/C25H28N4S/c1-2-3-18-29(23-12-8-5-9-13-23)24-16-14-21(15-17-24)19-27-28-25(26)30-20-22-10-6-4-7-11-22/h4-17,19H,2-3,18,20H2,1H3,(H2,26,28). The van der Waals surface area contributed by atoms with E-state index >= 15 is 0 Å². The van der Waals surface area contributed by atoms with Crippen molar-refractivity contribution in [1.82, 2.24) is 0 Å². The molecule has 5 heteroatoms. The lowest BCUT2D eigenvalue weighted by Crippen LogP contribution is -2.18. The van der Waals surface area contributed by atoms with Crippen LogP contribution in [0.1, 0.15) is 30.9 Å². The number of para-hydroxylation sites is 1. The van der Waals surface area contributed by atoms with Gasteiger partial charge in [-0.2, -0.15) is 5.10 Å². The Hall–Kier alpha value is -3.05. The SMILES string of the molecule is CCCCN(c1ccccc1)c1ccc(C=NN=C(N)SCc2ccccc2)cc1. The van der Waals surface area contributed by atoms with Crippen LogP contribution in [0.3, 0.4) is 0 Å². The molecule has 3 aromatic carbocycles. The molecule has 3 rings (SSSR count). The lowest BCUT2D eigenvalue weighted by molar-refractivity contribution is 0.786. The number of rotatable bonds is 9. The van der Waals surface area contributed by atoms with Crippen LogP contribution in [0.15, 0.2) is 95.1 Å². The highest BCUT2D eigenvalue weighted by molar-refractivity contribution is 8.13. The molecule has 0 amide bonds. The van der Waals surface area contributed by atoms with Gasteiger partial charge in [0.25, 0.3) is 0 Å². The smallest absolute Gasteiger partial charge is 0.180 e. The number of hydrogen-bond acceptors (Lipinski definition) is 4. The second kappa shape index (κ2) is 11.8. The highest BCUT2D eigenvalue weighted by Crippen LogP contribution is 2.25. The third kappa shape index (κ3) is 6.78. The molecule has 0 saturated heterocycles. The van der Waals surface area contributed by atoms with Gasteiger partial charge in [0.05, 0.1) is 6.21 Å². The average Bonchev–Trinajstić information content (AvgIpc) is 2.80. The third-order valence-corrected chi connectivity index (χ3v) is 5.46. The van der Waals surface area contributed by atoms with Crippen molar-refractivity contribution in [3.63, 3.8) is 0 Å². The molecular formula is C25H28N4S. The van der Waals surface area contributed by atoms with E-state index in [9.17, 15) is 0 Å². The molecule has 30 heavy (non-hydrogen) atoms. The Kier molecular flexibility index (Phi) is 8.54. The Morgan fingerprint density at radius 3 is 2.20 bits per heavy atom. The van der Waals surface area contributed by atoms with Gasteiger partial charge in [0.15, 0.2) is 5.17 Å². The molecular weight excluding hydrogens is 388 g/mol. The van der Waals surface area contributed by atoms with Gasteiger partial charge >= 0.3 is 0 Å². The van der Waals surface area contributed by atoms with Crippen molar-refractivity contribution >= 4 is 34.5 Å². The first-order chi connectivity index (χ1) is 14.8. The molecule has 0 unspecified atom stereocenters. The van der Waals surface area contributed by atoms with E-state index in [1.807, 2.05) is 24.3 Å². The van der Waals surface area contributed by atoms with Gasteiger partial charge in [-0.15, -0.1) is 5.10 Å². The Morgan fingerprint density at radius 2 is 1.53 bits per heavy atom. The normalized spacial score (nSPS) is 11.7. The molecule has 0 aromatic heterocycles. The molecule has 0 aliphatic heterocycles. The molecule has 4 nitrogen and oxygen atoms in total. The van der Waals surface area contributed by atoms with Gasteiger partial charge in [0.1, 0.15) is 0 Å². The van der Waals surface area contributed by atoms with Gasteiger partial charge in [-0.25, -0.2) is 0 Å². The lowest BCUT2D eigenvalue weighted by Gasteiger charge is -2.25. The first kappa shape index (κ1) is 21.7. The number of nitrogens with two attached hydrogens (primary N) is 1. The minimum Gasteiger partial charge on any atom is -0.377 e. The summed E-state index contributed by atoms with van der Waals surface area (Å²) in [5.41, 5.74) is 10.5. The van der Waals surface area contributed by atoms with E-state index in [1.165, 1.54) is 28.7 Å². The van der Waals surface area contributed by atoms with Gasteiger partial charge in [0, 0.05) is 23.7 Å². The molecule has 0 saturated carbocycles. The predicted octanol–water partition coefficient (Wildman–Crippen LogP) is 6.21. The van der Waals surface area contributed by atoms with E-state index in [1.54, 1.807) is 6.21 Å². The van der Waals surface area contributed by atoms with Crippen molar-refractivity contribution in [1.29, 1.82) is 0 Å². The van der Waals surface area contributed by atoms with E-state index in [-0.39, 0.29) is 0 Å². The summed E-state index contributed by atoms with van der Waals surface area (Å²) >= 11 is 1.48. The van der Waals surface area contributed by atoms with Crippen LogP contribution in [0.5, 0.6) is 0 Å². The summed E-state index contributed by atoms with van der Waals surface area (Å²) in [5.74, 6) is 0.785. The van der Waals surface area contributed by atoms with Crippen LogP contribution in [0.25, 0.3) is 0 Å². The van der Waals surface area contributed by atoms with Crippen LogP contribution >= 0.6 is 11.8 Å². The lowest BCUT2D eigenvalue weighted by atomic mass is 10.1. The predicted molar refractivity (Wildman–Crippen MR) is 132 cm³/mol. The Balaban J connectivity index is 1.61. The topological polar surface area (TPSA) is 54.0 Å². The van der Waals surface area contributed by atoms with E-state index in [4.69, 9.17) is 5.73 Å². The highest BCUT2D eigenvalue weighted by atomic mass is 32.2. The minimum absolute atomic E-state index is 0.460. The third-order valence-electron chi connectivity index (χ3n) is 4.60. The number of benzene rings is 3. The van der Waals surface area contributed by atoms with Gasteiger partial charge in [-0.05, 0) is 41.8 Å². The highest BCUT2D eigenvalue weighted by Gasteiger charge is 2.08. The molecule has 3 aromatic rings. The molecule has 0 bridgehead atoms. The van der Waals surface area contributed by atoms with Crippen molar-refractivity contribution in [3.05, 3.63) is 96.1 Å². The minimum atomic E-state index is 0.460. The van der Waals surface area contributed by atoms with Crippen LogP contribution in [-0.2, 0) is 5.75 Å². The van der Waals surface area contributed by atoms with Crippen molar-refractivity contribution in [2.75, 3.05) is 11.4 Å². The molecule has 0 spiro atoms. The summed E-state index contributed by atoms with van der Waals surface area (Å²) in [7, 11) is 0. The van der Waals surface area contributed by atoms with Gasteiger partial charge in [0.2, 0.25) is 0 Å². The number of hydrogen-bond donors (Lipinski definition) is 1. The molecule has 0 aliphatic carbocycles. The molecule has 154 valence electrons. The molecule has 0 fully saturated rings. The summed E-state index contributed by atoms with van der Waals surface area (Å²) in [6.45, 7) is 3.21. The van der Waals surface area contributed by atoms with E-state index in [2.05, 4.69) is 82.7 Å². The van der Waals surface area contributed by atoms with E-state index in [0.717, 1.165) is 30.7 Å². The van der Waals surface area contributed by atoms with Crippen molar-refractivity contribution < 1.29 is 0 Å². The van der Waals surface area contributed by atoms with E-state index < -0.39 is 0 Å². The maximum absolute atomic E-state index is 5.95. The largest absolute Gasteiger partial charge is 0.377 e. The molecule has 2 N–H and O–H groups in total. The quantitative estimate of drug-likeness (QED) is 0.256. The van der Waals surface area contributed by atoms with Crippen molar-refractivity contribution in [2.24, 2.45) is 15.9 Å². The number of anilines is 2. The van der Waals surface area contributed by atoms with E-state index in [0.29, 0.717) is 5.17 Å². The molecule has 0 aliphatic rings. The van der Waals surface area contributed by atoms with Crippen LogP contribution in [0.2, 0.25) is 0 Å².